The van der Waals surface area contributed by atoms with Crippen LogP contribution >= 0.6 is 0 Å². The third-order valence-corrected chi connectivity index (χ3v) is 3.07. The van der Waals surface area contributed by atoms with E-state index in [-0.39, 0.29) is 6.29 Å². The molecule has 1 fully saturated rings. The summed E-state index contributed by atoms with van der Waals surface area (Å²) in [5, 5.41) is 3.46. The molecule has 1 aliphatic heterocycles. The minimum Gasteiger partial charge on any atom is -0.353 e. The van der Waals surface area contributed by atoms with Crippen molar-refractivity contribution in [3.63, 3.8) is 0 Å². The summed E-state index contributed by atoms with van der Waals surface area (Å²) < 4.78 is 11.0. The second-order valence-electron chi connectivity index (χ2n) is 4.43. The van der Waals surface area contributed by atoms with Crippen molar-refractivity contribution in [1.29, 1.82) is 0 Å². The van der Waals surface area contributed by atoms with Crippen LogP contribution in [0.2, 0.25) is 0 Å². The Morgan fingerprint density at radius 1 is 1.06 bits per heavy atom. The van der Waals surface area contributed by atoms with E-state index in [1.54, 1.807) is 0 Å². The summed E-state index contributed by atoms with van der Waals surface area (Å²) >= 11 is 0. The molecular formula is C13H28N2O2. The van der Waals surface area contributed by atoms with Crippen LogP contribution in [-0.2, 0) is 9.47 Å². The number of nitrogens with one attached hydrogen (secondary N) is 1. The standard InChI is InChI=1S/C13H28N2O2/c1-3-16-13(17-4-2)7-8-14-9-12-15-10-5-6-11-15/h13-14H,3-12H2,1-2H3. The van der Waals surface area contributed by atoms with Crippen LogP contribution in [0.4, 0.5) is 0 Å². The number of likely N-dealkylation sites (tertiary alicyclic amines) is 1. The average molecular weight is 244 g/mol. The predicted molar refractivity (Wildman–Crippen MR) is 70.2 cm³/mol. The van der Waals surface area contributed by atoms with Gasteiger partial charge in [0.05, 0.1) is 0 Å². The van der Waals surface area contributed by atoms with Gasteiger partial charge in [0.25, 0.3) is 0 Å². The van der Waals surface area contributed by atoms with Gasteiger partial charge in [-0.25, -0.2) is 0 Å². The highest BCUT2D eigenvalue weighted by Gasteiger charge is 2.10. The lowest BCUT2D eigenvalue weighted by Crippen LogP contribution is -2.32. The van der Waals surface area contributed by atoms with Gasteiger partial charge in [-0.3, -0.25) is 0 Å². The Labute approximate surface area is 106 Å². The van der Waals surface area contributed by atoms with Crippen LogP contribution in [-0.4, -0.2) is 57.1 Å². The molecule has 1 rings (SSSR count). The molecule has 0 aliphatic carbocycles. The van der Waals surface area contributed by atoms with Crippen molar-refractivity contribution in [2.75, 3.05) is 45.9 Å². The maximum atomic E-state index is 5.49. The molecule has 1 N–H and O–H groups in total. The van der Waals surface area contributed by atoms with Gasteiger partial charge in [-0.05, 0) is 39.8 Å². The SMILES string of the molecule is CCOC(CCNCCN1CCCC1)OCC. The molecule has 0 radical (unpaired) electrons. The zero-order valence-corrected chi connectivity index (χ0v) is 11.4. The first-order chi connectivity index (χ1) is 8.36. The highest BCUT2D eigenvalue weighted by Crippen LogP contribution is 2.05. The molecule has 0 amide bonds. The lowest BCUT2D eigenvalue weighted by molar-refractivity contribution is -0.138. The molecule has 0 atom stereocenters. The molecule has 0 aromatic carbocycles. The Morgan fingerprint density at radius 2 is 1.71 bits per heavy atom. The summed E-state index contributed by atoms with van der Waals surface area (Å²) in [6.45, 7) is 11.2. The van der Waals surface area contributed by atoms with E-state index in [9.17, 15) is 0 Å². The summed E-state index contributed by atoms with van der Waals surface area (Å²) in [5.74, 6) is 0. The third kappa shape index (κ3) is 6.99. The van der Waals surface area contributed by atoms with Gasteiger partial charge in [0.1, 0.15) is 0 Å². The van der Waals surface area contributed by atoms with Gasteiger partial charge >= 0.3 is 0 Å². The minimum atomic E-state index is -0.0377. The van der Waals surface area contributed by atoms with Gasteiger partial charge in [-0.1, -0.05) is 0 Å². The molecule has 17 heavy (non-hydrogen) atoms. The van der Waals surface area contributed by atoms with Crippen LogP contribution in [0.25, 0.3) is 0 Å². The maximum Gasteiger partial charge on any atom is 0.158 e. The lowest BCUT2D eigenvalue weighted by atomic mass is 10.4. The van der Waals surface area contributed by atoms with Gasteiger partial charge < -0.3 is 19.7 Å². The van der Waals surface area contributed by atoms with Crippen molar-refractivity contribution in [2.24, 2.45) is 0 Å². The molecule has 0 aromatic rings. The second-order valence-corrected chi connectivity index (χ2v) is 4.43. The maximum absolute atomic E-state index is 5.49. The number of ether oxygens (including phenoxy) is 2. The molecular weight excluding hydrogens is 216 g/mol. The first-order valence-corrected chi connectivity index (χ1v) is 7.03. The molecule has 1 heterocycles. The summed E-state index contributed by atoms with van der Waals surface area (Å²) in [6, 6.07) is 0. The summed E-state index contributed by atoms with van der Waals surface area (Å²) in [4.78, 5) is 2.52. The first-order valence-electron chi connectivity index (χ1n) is 7.03. The van der Waals surface area contributed by atoms with E-state index in [2.05, 4.69) is 10.2 Å². The summed E-state index contributed by atoms with van der Waals surface area (Å²) in [5.41, 5.74) is 0. The fourth-order valence-electron chi connectivity index (χ4n) is 2.17. The molecule has 0 spiro atoms. The van der Waals surface area contributed by atoms with Gasteiger partial charge in [-0.15, -0.1) is 0 Å². The normalized spacial score (nSPS) is 17.1. The quantitative estimate of drug-likeness (QED) is 0.466. The van der Waals surface area contributed by atoms with Crippen LogP contribution < -0.4 is 5.32 Å². The van der Waals surface area contributed by atoms with Crippen LogP contribution in [0.1, 0.15) is 33.1 Å². The Bertz CT molecular complexity index is 167. The van der Waals surface area contributed by atoms with E-state index in [1.807, 2.05) is 13.8 Å². The molecule has 1 aliphatic rings. The van der Waals surface area contributed by atoms with Crippen molar-refractivity contribution in [3.05, 3.63) is 0 Å². The molecule has 0 saturated carbocycles. The first kappa shape index (κ1) is 14.9. The monoisotopic (exact) mass is 244 g/mol. The van der Waals surface area contributed by atoms with Crippen molar-refractivity contribution in [2.45, 2.75) is 39.4 Å². The predicted octanol–water partition coefficient (Wildman–Crippen LogP) is 1.46. The fraction of sp³-hybridized carbons (Fsp3) is 1.00. The Balaban J connectivity index is 1.93. The largest absolute Gasteiger partial charge is 0.353 e. The molecule has 1 saturated heterocycles. The van der Waals surface area contributed by atoms with E-state index < -0.39 is 0 Å². The van der Waals surface area contributed by atoms with E-state index in [0.717, 1.165) is 32.7 Å². The summed E-state index contributed by atoms with van der Waals surface area (Å²) in [7, 11) is 0. The smallest absolute Gasteiger partial charge is 0.158 e. The molecule has 0 aromatic heterocycles. The van der Waals surface area contributed by atoms with Crippen molar-refractivity contribution in [3.8, 4) is 0 Å². The summed E-state index contributed by atoms with van der Waals surface area (Å²) in [6.07, 6.45) is 3.64. The Kier molecular flexibility index (Phi) is 8.61. The van der Waals surface area contributed by atoms with Crippen LogP contribution in [0.3, 0.4) is 0 Å². The van der Waals surface area contributed by atoms with Gasteiger partial charge in [0.15, 0.2) is 6.29 Å². The average Bonchev–Trinajstić information content (AvgIpc) is 2.82. The fourth-order valence-corrected chi connectivity index (χ4v) is 2.17. The Morgan fingerprint density at radius 3 is 2.29 bits per heavy atom. The molecule has 4 heteroatoms. The van der Waals surface area contributed by atoms with Gasteiger partial charge in [0, 0.05) is 39.3 Å². The van der Waals surface area contributed by atoms with Gasteiger partial charge in [-0.2, -0.15) is 0 Å². The number of rotatable bonds is 10. The minimum absolute atomic E-state index is 0.0377. The van der Waals surface area contributed by atoms with Gasteiger partial charge in [0.2, 0.25) is 0 Å². The van der Waals surface area contributed by atoms with Crippen LogP contribution in [0.15, 0.2) is 0 Å². The topological polar surface area (TPSA) is 33.7 Å². The molecule has 0 bridgehead atoms. The number of hydrogen-bond acceptors (Lipinski definition) is 4. The third-order valence-electron chi connectivity index (χ3n) is 3.07. The van der Waals surface area contributed by atoms with Crippen LogP contribution in [0.5, 0.6) is 0 Å². The van der Waals surface area contributed by atoms with Crippen molar-refractivity contribution < 1.29 is 9.47 Å². The van der Waals surface area contributed by atoms with Crippen molar-refractivity contribution >= 4 is 0 Å². The van der Waals surface area contributed by atoms with E-state index >= 15 is 0 Å². The van der Waals surface area contributed by atoms with E-state index in [4.69, 9.17) is 9.47 Å². The number of nitrogens with zero attached hydrogens (tertiary/aromatic N) is 1. The Hall–Kier alpha value is -0.160. The highest BCUT2D eigenvalue weighted by molar-refractivity contribution is 4.66. The molecule has 0 unspecified atom stereocenters. The number of hydrogen-bond donors (Lipinski definition) is 1. The zero-order chi connectivity index (χ0) is 12.3. The molecule has 4 nitrogen and oxygen atoms in total. The lowest BCUT2D eigenvalue weighted by Gasteiger charge is -2.18. The van der Waals surface area contributed by atoms with Crippen LogP contribution in [0, 0.1) is 0 Å². The van der Waals surface area contributed by atoms with E-state index in [0.29, 0.717) is 0 Å². The second kappa shape index (κ2) is 9.83. The zero-order valence-electron chi connectivity index (χ0n) is 11.4. The van der Waals surface area contributed by atoms with Crippen molar-refractivity contribution in [1.82, 2.24) is 10.2 Å². The highest BCUT2D eigenvalue weighted by atomic mass is 16.7. The van der Waals surface area contributed by atoms with E-state index in [1.165, 1.54) is 32.5 Å². The molecule has 102 valence electrons.